The second kappa shape index (κ2) is 5.29. The van der Waals surface area contributed by atoms with Gasteiger partial charge in [-0.1, -0.05) is 6.92 Å². The van der Waals surface area contributed by atoms with Crippen molar-refractivity contribution in [3.05, 3.63) is 18.1 Å². The van der Waals surface area contributed by atoms with Crippen LogP contribution in [0.3, 0.4) is 0 Å². The number of rotatable bonds is 4. The molecular weight excluding hydrogens is 194 g/mol. The lowest BCUT2D eigenvalue weighted by Crippen LogP contribution is -2.19. The summed E-state index contributed by atoms with van der Waals surface area (Å²) in [6.45, 7) is 3.00. The predicted octanol–water partition coefficient (Wildman–Crippen LogP) is 1.11. The molecule has 0 atom stereocenters. The second-order valence-electron chi connectivity index (χ2n) is 3.17. The lowest BCUT2D eigenvalue weighted by atomic mass is 10.4. The summed E-state index contributed by atoms with van der Waals surface area (Å²) in [5.74, 6) is 0.289. The number of methoxy groups -OCH3 is 1. The molecule has 1 aromatic heterocycles. The maximum Gasteiger partial charge on any atom is 0.358 e. The molecule has 0 radical (unpaired) electrons. The number of esters is 1. The minimum atomic E-state index is -0.466. The summed E-state index contributed by atoms with van der Waals surface area (Å²) in [4.78, 5) is 21.2. The molecule has 5 nitrogen and oxygen atoms in total. The maximum absolute atomic E-state index is 11.1. The summed E-state index contributed by atoms with van der Waals surface area (Å²) >= 11 is 0. The standard InChI is InChI=1S/C10H15N3O2/c1-4-5-13(2)9-7-11-8(6-12-9)10(14)15-3/h6-7H,4-5H2,1-3H3. The lowest BCUT2D eigenvalue weighted by molar-refractivity contribution is 0.0593. The number of hydrogen-bond donors (Lipinski definition) is 0. The third kappa shape index (κ3) is 2.90. The Morgan fingerprint density at radius 2 is 2.20 bits per heavy atom. The Labute approximate surface area is 89.1 Å². The molecule has 15 heavy (non-hydrogen) atoms. The van der Waals surface area contributed by atoms with Gasteiger partial charge in [0.05, 0.1) is 19.5 Å². The average molecular weight is 209 g/mol. The molecule has 0 saturated carbocycles. The Kier molecular flexibility index (Phi) is 4.03. The number of aromatic nitrogens is 2. The van der Waals surface area contributed by atoms with Gasteiger partial charge in [0.15, 0.2) is 5.69 Å². The predicted molar refractivity (Wildman–Crippen MR) is 56.9 cm³/mol. The third-order valence-corrected chi connectivity index (χ3v) is 1.98. The van der Waals surface area contributed by atoms with Crippen molar-refractivity contribution >= 4 is 11.8 Å². The van der Waals surface area contributed by atoms with Crippen molar-refractivity contribution in [2.75, 3.05) is 25.6 Å². The van der Waals surface area contributed by atoms with Crippen molar-refractivity contribution in [3.63, 3.8) is 0 Å². The molecule has 0 N–H and O–H groups in total. The van der Waals surface area contributed by atoms with Crippen LogP contribution in [0, 0.1) is 0 Å². The molecule has 82 valence electrons. The van der Waals surface area contributed by atoms with Gasteiger partial charge in [-0.05, 0) is 6.42 Å². The molecule has 0 saturated heterocycles. The molecule has 0 spiro atoms. The van der Waals surface area contributed by atoms with Crippen molar-refractivity contribution in [2.24, 2.45) is 0 Å². The molecule has 1 aromatic rings. The highest BCUT2D eigenvalue weighted by molar-refractivity contribution is 5.86. The molecule has 0 aliphatic heterocycles. The van der Waals surface area contributed by atoms with E-state index < -0.39 is 5.97 Å². The van der Waals surface area contributed by atoms with Gasteiger partial charge >= 0.3 is 5.97 Å². The minimum Gasteiger partial charge on any atom is -0.464 e. The van der Waals surface area contributed by atoms with Gasteiger partial charge in [0.25, 0.3) is 0 Å². The van der Waals surface area contributed by atoms with Gasteiger partial charge in [-0.15, -0.1) is 0 Å². The zero-order chi connectivity index (χ0) is 11.3. The SMILES string of the molecule is CCCN(C)c1cnc(C(=O)OC)cn1. The van der Waals surface area contributed by atoms with E-state index in [9.17, 15) is 4.79 Å². The molecule has 0 aliphatic carbocycles. The fraction of sp³-hybridized carbons (Fsp3) is 0.500. The van der Waals surface area contributed by atoms with Crippen LogP contribution in [0.2, 0.25) is 0 Å². The van der Waals surface area contributed by atoms with Crippen LogP contribution in [0.5, 0.6) is 0 Å². The van der Waals surface area contributed by atoms with E-state index in [1.165, 1.54) is 13.3 Å². The molecule has 0 bridgehead atoms. The fourth-order valence-corrected chi connectivity index (χ4v) is 1.18. The van der Waals surface area contributed by atoms with Crippen LogP contribution in [0.25, 0.3) is 0 Å². The number of carbonyl (C=O) groups excluding carboxylic acids is 1. The summed E-state index contributed by atoms with van der Waals surface area (Å²) < 4.78 is 4.53. The highest BCUT2D eigenvalue weighted by Crippen LogP contribution is 2.07. The smallest absolute Gasteiger partial charge is 0.358 e. The van der Waals surface area contributed by atoms with E-state index in [1.807, 2.05) is 11.9 Å². The Hall–Kier alpha value is -1.65. The molecule has 1 heterocycles. The first-order valence-electron chi connectivity index (χ1n) is 4.80. The first-order valence-corrected chi connectivity index (χ1v) is 4.80. The van der Waals surface area contributed by atoms with Crippen LogP contribution < -0.4 is 4.90 Å². The van der Waals surface area contributed by atoms with Crippen LogP contribution >= 0.6 is 0 Å². The normalized spacial score (nSPS) is 9.80. The number of anilines is 1. The van der Waals surface area contributed by atoms with Gasteiger partial charge in [0.1, 0.15) is 5.82 Å². The monoisotopic (exact) mass is 209 g/mol. The summed E-state index contributed by atoms with van der Waals surface area (Å²) in [6.07, 6.45) is 4.03. The maximum atomic E-state index is 11.1. The Balaban J connectivity index is 2.76. The van der Waals surface area contributed by atoms with E-state index in [2.05, 4.69) is 21.6 Å². The quantitative estimate of drug-likeness (QED) is 0.695. The lowest BCUT2D eigenvalue weighted by Gasteiger charge is -2.16. The minimum absolute atomic E-state index is 0.228. The molecule has 1 rings (SSSR count). The summed E-state index contributed by atoms with van der Waals surface area (Å²) in [6, 6.07) is 0. The fourth-order valence-electron chi connectivity index (χ4n) is 1.18. The van der Waals surface area contributed by atoms with Crippen LogP contribution in [0.4, 0.5) is 5.82 Å². The molecule has 0 fully saturated rings. The molecule has 0 aliphatic rings. The van der Waals surface area contributed by atoms with Gasteiger partial charge in [-0.3, -0.25) is 0 Å². The van der Waals surface area contributed by atoms with E-state index in [4.69, 9.17) is 0 Å². The first-order chi connectivity index (χ1) is 7.19. The van der Waals surface area contributed by atoms with Gasteiger partial charge < -0.3 is 9.64 Å². The van der Waals surface area contributed by atoms with Gasteiger partial charge in [-0.2, -0.15) is 0 Å². The van der Waals surface area contributed by atoms with Crippen LogP contribution in [0.15, 0.2) is 12.4 Å². The van der Waals surface area contributed by atoms with Crippen molar-refractivity contribution in [2.45, 2.75) is 13.3 Å². The van der Waals surface area contributed by atoms with E-state index in [1.54, 1.807) is 6.20 Å². The number of carbonyl (C=O) groups is 1. The highest BCUT2D eigenvalue weighted by Gasteiger charge is 2.08. The van der Waals surface area contributed by atoms with Crippen molar-refractivity contribution in [1.29, 1.82) is 0 Å². The number of ether oxygens (including phenoxy) is 1. The molecule has 0 aromatic carbocycles. The third-order valence-electron chi connectivity index (χ3n) is 1.98. The summed E-state index contributed by atoms with van der Waals surface area (Å²) in [7, 11) is 3.26. The van der Waals surface area contributed by atoms with E-state index in [-0.39, 0.29) is 5.69 Å². The van der Waals surface area contributed by atoms with E-state index in [0.717, 1.165) is 18.8 Å². The van der Waals surface area contributed by atoms with Crippen LogP contribution in [-0.4, -0.2) is 36.6 Å². The molecule has 5 heteroatoms. The summed E-state index contributed by atoms with van der Waals surface area (Å²) in [5, 5.41) is 0. The van der Waals surface area contributed by atoms with Crippen molar-refractivity contribution in [1.82, 2.24) is 9.97 Å². The van der Waals surface area contributed by atoms with Gasteiger partial charge in [0, 0.05) is 13.6 Å². The number of hydrogen-bond acceptors (Lipinski definition) is 5. The first kappa shape index (κ1) is 11.4. The van der Waals surface area contributed by atoms with Crippen molar-refractivity contribution < 1.29 is 9.53 Å². The molecule has 0 unspecified atom stereocenters. The molecule has 0 amide bonds. The van der Waals surface area contributed by atoms with Gasteiger partial charge in [0.2, 0.25) is 0 Å². The largest absolute Gasteiger partial charge is 0.464 e. The molecular formula is C10H15N3O2. The number of nitrogens with zero attached hydrogens (tertiary/aromatic N) is 3. The van der Waals surface area contributed by atoms with Crippen LogP contribution in [0.1, 0.15) is 23.8 Å². The van der Waals surface area contributed by atoms with E-state index >= 15 is 0 Å². The highest BCUT2D eigenvalue weighted by atomic mass is 16.5. The second-order valence-corrected chi connectivity index (χ2v) is 3.17. The van der Waals surface area contributed by atoms with Crippen LogP contribution in [-0.2, 0) is 4.74 Å². The topological polar surface area (TPSA) is 55.3 Å². The van der Waals surface area contributed by atoms with E-state index in [0.29, 0.717) is 0 Å². The Morgan fingerprint density at radius 1 is 1.47 bits per heavy atom. The summed E-state index contributed by atoms with van der Waals surface area (Å²) in [5.41, 5.74) is 0.228. The Morgan fingerprint density at radius 3 is 2.67 bits per heavy atom. The zero-order valence-corrected chi connectivity index (χ0v) is 9.23. The van der Waals surface area contributed by atoms with Gasteiger partial charge in [-0.25, -0.2) is 14.8 Å². The Bertz CT molecular complexity index is 324. The zero-order valence-electron chi connectivity index (χ0n) is 9.23. The van der Waals surface area contributed by atoms with Crippen molar-refractivity contribution in [3.8, 4) is 0 Å². The average Bonchev–Trinajstić information content (AvgIpc) is 2.28.